The Hall–Kier alpha value is -3.90. The van der Waals surface area contributed by atoms with Gasteiger partial charge in [-0.3, -0.25) is 4.90 Å². The van der Waals surface area contributed by atoms with Gasteiger partial charge in [0, 0.05) is 25.2 Å². The molecule has 1 fully saturated rings. The van der Waals surface area contributed by atoms with Crippen LogP contribution >= 0.6 is 15.8 Å². The van der Waals surface area contributed by atoms with E-state index in [0.29, 0.717) is 6.04 Å². The molecule has 1 aliphatic rings. The van der Waals surface area contributed by atoms with E-state index in [-0.39, 0.29) is 6.04 Å². The largest absolute Gasteiger partial charge is 0.326 e. The van der Waals surface area contributed by atoms with Crippen molar-refractivity contribution < 1.29 is 0 Å². The fraction of sp³-hybridized carbons (Fsp3) is 0.250. The molecular formula is C48H52N2P2. The fourth-order valence-corrected chi connectivity index (χ4v) is 12.5. The molecule has 2 nitrogen and oxygen atoms in total. The zero-order valence-electron chi connectivity index (χ0n) is 31.2. The monoisotopic (exact) mass is 718 g/mol. The molecule has 2 N–H and O–H groups in total. The molecule has 1 aliphatic carbocycles. The molecule has 0 bridgehead atoms. The molecule has 0 unspecified atom stereocenters. The van der Waals surface area contributed by atoms with Gasteiger partial charge in [0.1, 0.15) is 0 Å². The summed E-state index contributed by atoms with van der Waals surface area (Å²) in [6.07, 6.45) is 4.68. The SMILES string of the molecule is Cc1ccc(P(c2ccc(C)cc2)c2ccccc2CN(Cc2ccccc2P(c2ccc(C)cc2)c2ccc(C)cc2)[C@H]2CCCC[C@H]2N)cc1. The van der Waals surface area contributed by atoms with Gasteiger partial charge in [-0.15, -0.1) is 0 Å². The minimum Gasteiger partial charge on any atom is -0.326 e. The zero-order chi connectivity index (χ0) is 36.0. The van der Waals surface area contributed by atoms with Crippen LogP contribution in [0.25, 0.3) is 0 Å². The van der Waals surface area contributed by atoms with E-state index in [1.807, 2.05) is 0 Å². The Kier molecular flexibility index (Phi) is 11.8. The normalized spacial score (nSPS) is 16.2. The minimum absolute atomic E-state index is 0.166. The Morgan fingerprint density at radius 3 is 1.13 bits per heavy atom. The van der Waals surface area contributed by atoms with E-state index < -0.39 is 15.8 Å². The van der Waals surface area contributed by atoms with E-state index in [1.165, 1.54) is 78.0 Å². The summed E-state index contributed by atoms with van der Waals surface area (Å²) in [5, 5.41) is 8.45. The Morgan fingerprint density at radius 1 is 0.462 bits per heavy atom. The summed E-state index contributed by atoms with van der Waals surface area (Å²) in [6.45, 7) is 10.5. The van der Waals surface area contributed by atoms with E-state index in [2.05, 4.69) is 178 Å². The number of hydrogen-bond acceptors (Lipinski definition) is 2. The van der Waals surface area contributed by atoms with Crippen LogP contribution in [0.3, 0.4) is 0 Å². The molecule has 0 amide bonds. The lowest BCUT2D eigenvalue weighted by Gasteiger charge is -2.39. The van der Waals surface area contributed by atoms with E-state index in [4.69, 9.17) is 5.73 Å². The Balaban J connectivity index is 1.31. The summed E-state index contributed by atoms with van der Waals surface area (Å²) in [4.78, 5) is 2.75. The topological polar surface area (TPSA) is 29.3 Å². The molecule has 4 heteroatoms. The predicted octanol–water partition coefficient (Wildman–Crippen LogP) is 8.71. The first-order valence-electron chi connectivity index (χ1n) is 18.9. The van der Waals surface area contributed by atoms with Crippen molar-refractivity contribution in [3.05, 3.63) is 179 Å². The van der Waals surface area contributed by atoms with Crippen molar-refractivity contribution in [2.45, 2.75) is 78.6 Å². The lowest BCUT2D eigenvalue weighted by atomic mass is 9.89. The molecular weight excluding hydrogens is 666 g/mol. The van der Waals surface area contributed by atoms with Crippen molar-refractivity contribution in [3.8, 4) is 0 Å². The second kappa shape index (κ2) is 16.8. The van der Waals surface area contributed by atoms with Crippen LogP contribution in [0.1, 0.15) is 59.1 Å². The van der Waals surface area contributed by atoms with Gasteiger partial charge in [-0.25, -0.2) is 0 Å². The van der Waals surface area contributed by atoms with Gasteiger partial charge < -0.3 is 5.73 Å². The first-order valence-corrected chi connectivity index (χ1v) is 21.5. The zero-order valence-corrected chi connectivity index (χ0v) is 33.0. The van der Waals surface area contributed by atoms with E-state index >= 15 is 0 Å². The molecule has 2 atom stereocenters. The molecule has 6 aromatic carbocycles. The van der Waals surface area contributed by atoms with E-state index in [0.717, 1.165) is 25.9 Å². The molecule has 6 aromatic rings. The minimum atomic E-state index is -0.747. The number of benzene rings is 6. The summed E-state index contributed by atoms with van der Waals surface area (Å²) in [5.41, 5.74) is 15.1. The van der Waals surface area contributed by atoms with Gasteiger partial charge >= 0.3 is 0 Å². The van der Waals surface area contributed by atoms with Gasteiger partial charge in [-0.05, 0) is 99.3 Å². The van der Waals surface area contributed by atoms with Crippen molar-refractivity contribution in [1.82, 2.24) is 4.90 Å². The van der Waals surface area contributed by atoms with Crippen LogP contribution in [-0.2, 0) is 13.1 Å². The molecule has 7 rings (SSSR count). The van der Waals surface area contributed by atoms with Crippen LogP contribution in [-0.4, -0.2) is 17.0 Å². The number of rotatable bonds is 11. The molecule has 0 heterocycles. The molecule has 1 saturated carbocycles. The molecule has 0 aromatic heterocycles. The first-order chi connectivity index (χ1) is 25.3. The molecule has 0 saturated heterocycles. The van der Waals surface area contributed by atoms with Gasteiger partial charge in [0.15, 0.2) is 0 Å². The van der Waals surface area contributed by atoms with Crippen LogP contribution < -0.4 is 37.6 Å². The maximum absolute atomic E-state index is 7.07. The highest BCUT2D eigenvalue weighted by Gasteiger charge is 2.31. The lowest BCUT2D eigenvalue weighted by Crippen LogP contribution is -2.49. The average molecular weight is 719 g/mol. The molecule has 0 radical (unpaired) electrons. The Labute approximate surface area is 314 Å². The standard InChI is InChI=1S/C48H52N2P2/c1-35-17-25-41(26-18-35)51(42-27-19-36(2)20-28-42)47-15-9-5-11-39(47)33-50(46-14-8-7-13-45(46)49)34-40-12-6-10-16-48(40)52(43-29-21-37(3)22-30-43)44-31-23-38(4)24-32-44/h5-6,9-12,15-32,45-46H,7-8,13-14,33-34,49H2,1-4H3/t45-,46+/m1/s1. The number of nitrogens with two attached hydrogens (primary N) is 1. The molecule has 0 spiro atoms. The third-order valence-electron chi connectivity index (χ3n) is 10.6. The summed E-state index contributed by atoms with van der Waals surface area (Å²) in [7, 11) is -1.49. The van der Waals surface area contributed by atoms with Gasteiger partial charge in [0.2, 0.25) is 0 Å². The van der Waals surface area contributed by atoms with Gasteiger partial charge in [0.05, 0.1) is 0 Å². The van der Waals surface area contributed by atoms with Gasteiger partial charge in [-0.2, -0.15) is 0 Å². The van der Waals surface area contributed by atoms with Crippen LogP contribution in [0.4, 0.5) is 0 Å². The number of hydrogen-bond donors (Lipinski definition) is 1. The van der Waals surface area contributed by atoms with Crippen molar-refractivity contribution >= 4 is 47.7 Å². The second-order valence-corrected chi connectivity index (χ2v) is 19.1. The van der Waals surface area contributed by atoms with Crippen LogP contribution in [0, 0.1) is 27.7 Å². The van der Waals surface area contributed by atoms with Crippen LogP contribution in [0.5, 0.6) is 0 Å². The molecule has 0 aliphatic heterocycles. The molecule has 52 heavy (non-hydrogen) atoms. The number of nitrogens with zero attached hydrogens (tertiary/aromatic N) is 1. The molecule has 264 valence electrons. The van der Waals surface area contributed by atoms with Crippen LogP contribution in [0.15, 0.2) is 146 Å². The maximum Gasteiger partial charge on any atom is 0.0254 e. The maximum atomic E-state index is 7.07. The van der Waals surface area contributed by atoms with Crippen molar-refractivity contribution in [2.75, 3.05) is 0 Å². The summed E-state index contributed by atoms with van der Waals surface area (Å²) in [6, 6.07) is 55.9. The first kappa shape index (κ1) is 36.5. The Bertz CT molecular complexity index is 1820. The summed E-state index contributed by atoms with van der Waals surface area (Å²) < 4.78 is 0. The van der Waals surface area contributed by atoms with E-state index in [9.17, 15) is 0 Å². The highest BCUT2D eigenvalue weighted by molar-refractivity contribution is 7.80. The third kappa shape index (κ3) is 8.49. The van der Waals surface area contributed by atoms with Crippen molar-refractivity contribution in [3.63, 3.8) is 0 Å². The fourth-order valence-electron chi connectivity index (χ4n) is 7.68. The third-order valence-corrected chi connectivity index (χ3v) is 15.7. The average Bonchev–Trinajstić information content (AvgIpc) is 3.16. The predicted molar refractivity (Wildman–Crippen MR) is 229 cm³/mol. The lowest BCUT2D eigenvalue weighted by molar-refractivity contribution is 0.122. The second-order valence-electron chi connectivity index (χ2n) is 14.7. The van der Waals surface area contributed by atoms with Crippen molar-refractivity contribution in [2.24, 2.45) is 5.73 Å². The van der Waals surface area contributed by atoms with Crippen molar-refractivity contribution in [1.29, 1.82) is 0 Å². The quantitative estimate of drug-likeness (QED) is 0.136. The smallest absolute Gasteiger partial charge is 0.0254 e. The summed E-state index contributed by atoms with van der Waals surface area (Å²) >= 11 is 0. The highest BCUT2D eigenvalue weighted by atomic mass is 31.1. The van der Waals surface area contributed by atoms with Gasteiger partial charge in [0.25, 0.3) is 0 Å². The Morgan fingerprint density at radius 2 is 0.788 bits per heavy atom. The van der Waals surface area contributed by atoms with E-state index in [1.54, 1.807) is 0 Å². The highest BCUT2D eigenvalue weighted by Crippen LogP contribution is 2.37. The summed E-state index contributed by atoms with van der Waals surface area (Å²) in [5.74, 6) is 0. The van der Waals surface area contributed by atoms with Gasteiger partial charge in [-0.1, -0.05) is 181 Å². The number of aryl methyl sites for hydroxylation is 4. The van der Waals surface area contributed by atoms with Crippen LogP contribution in [0.2, 0.25) is 0 Å².